The molecule has 0 aliphatic carbocycles. The van der Waals surface area contributed by atoms with E-state index in [4.69, 9.17) is 0 Å². The number of pyridine rings is 1. The normalized spacial score (nSPS) is 11.0. The molecule has 1 aromatic carbocycles. The predicted octanol–water partition coefficient (Wildman–Crippen LogP) is 2.53. The summed E-state index contributed by atoms with van der Waals surface area (Å²) in [4.78, 5) is 28.3. The van der Waals surface area contributed by atoms with Gasteiger partial charge < -0.3 is 9.88 Å². The maximum Gasteiger partial charge on any atom is 0.253 e. The van der Waals surface area contributed by atoms with E-state index in [2.05, 4.69) is 18.8 Å². The van der Waals surface area contributed by atoms with Crippen molar-refractivity contribution in [3.05, 3.63) is 46.2 Å². The number of fused-ring (bicyclic) bond motifs is 1. The van der Waals surface area contributed by atoms with Crippen LogP contribution in [0.2, 0.25) is 0 Å². The molecule has 0 spiro atoms. The van der Waals surface area contributed by atoms with Crippen LogP contribution in [0, 0.1) is 5.92 Å². The maximum atomic E-state index is 12.1. The molecule has 0 aliphatic heterocycles. The van der Waals surface area contributed by atoms with Gasteiger partial charge in [0.05, 0.1) is 6.54 Å². The first-order valence-electron chi connectivity index (χ1n) is 6.84. The van der Waals surface area contributed by atoms with Crippen molar-refractivity contribution in [3.63, 3.8) is 0 Å². The molecule has 0 saturated carbocycles. The molecule has 0 radical (unpaired) electrons. The average molecular weight is 272 g/mol. The fraction of sp³-hybridized carbons (Fsp3) is 0.375. The van der Waals surface area contributed by atoms with Crippen LogP contribution in [0.4, 0.5) is 0 Å². The van der Waals surface area contributed by atoms with Gasteiger partial charge in [0.1, 0.15) is 0 Å². The number of para-hydroxylation sites is 1. The Hall–Kier alpha value is -2.10. The molecular formula is C16H20N2O2. The van der Waals surface area contributed by atoms with Crippen LogP contribution in [0.15, 0.2) is 35.1 Å². The number of hydrogen-bond donors (Lipinski definition) is 1. The molecule has 106 valence electrons. The van der Waals surface area contributed by atoms with Crippen LogP contribution in [0.3, 0.4) is 0 Å². The third-order valence-electron chi connectivity index (χ3n) is 3.22. The van der Waals surface area contributed by atoms with Gasteiger partial charge in [-0.15, -0.1) is 0 Å². The molecule has 0 fully saturated rings. The number of nitrogens with one attached hydrogen (secondary N) is 1. The van der Waals surface area contributed by atoms with E-state index in [0.29, 0.717) is 24.6 Å². The largest absolute Gasteiger partial charge is 0.338 e. The Morgan fingerprint density at radius 1 is 1.30 bits per heavy atom. The van der Waals surface area contributed by atoms with E-state index in [-0.39, 0.29) is 11.5 Å². The van der Waals surface area contributed by atoms with Crippen LogP contribution in [-0.2, 0) is 11.3 Å². The molecule has 0 saturated heterocycles. The number of H-pyrrole nitrogens is 1. The molecule has 0 aliphatic rings. The monoisotopic (exact) mass is 272 g/mol. The summed E-state index contributed by atoms with van der Waals surface area (Å²) in [6, 6.07) is 9.51. The minimum atomic E-state index is -0.126. The van der Waals surface area contributed by atoms with Crippen molar-refractivity contribution in [3.8, 4) is 0 Å². The van der Waals surface area contributed by atoms with Crippen LogP contribution in [0.1, 0.15) is 26.3 Å². The van der Waals surface area contributed by atoms with Gasteiger partial charge in [0.2, 0.25) is 5.91 Å². The smallest absolute Gasteiger partial charge is 0.253 e. The number of nitrogens with zero attached hydrogens (tertiary/aromatic N) is 1. The summed E-state index contributed by atoms with van der Waals surface area (Å²) in [5.74, 6) is 0.365. The van der Waals surface area contributed by atoms with Crippen molar-refractivity contribution in [1.82, 2.24) is 9.88 Å². The summed E-state index contributed by atoms with van der Waals surface area (Å²) >= 11 is 0. The Morgan fingerprint density at radius 3 is 2.65 bits per heavy atom. The number of aromatic nitrogens is 1. The van der Waals surface area contributed by atoms with E-state index in [1.807, 2.05) is 30.3 Å². The molecule has 1 aromatic heterocycles. The summed E-state index contributed by atoms with van der Waals surface area (Å²) in [5.41, 5.74) is 1.32. The SMILES string of the molecule is CC(=O)N(Cc1cc2ccccc2[nH]c1=O)CC(C)C. The Kier molecular flexibility index (Phi) is 4.23. The molecule has 1 amide bonds. The third-order valence-corrected chi connectivity index (χ3v) is 3.22. The van der Waals surface area contributed by atoms with Gasteiger partial charge in [0.25, 0.3) is 5.56 Å². The summed E-state index contributed by atoms with van der Waals surface area (Å²) in [6.45, 7) is 6.66. The first-order chi connectivity index (χ1) is 9.47. The molecule has 4 nitrogen and oxygen atoms in total. The highest BCUT2D eigenvalue weighted by Crippen LogP contribution is 2.12. The number of carbonyl (C=O) groups is 1. The zero-order valence-electron chi connectivity index (χ0n) is 12.1. The lowest BCUT2D eigenvalue weighted by atomic mass is 10.1. The topological polar surface area (TPSA) is 53.2 Å². The number of aromatic amines is 1. The number of carbonyl (C=O) groups excluding carboxylic acids is 1. The van der Waals surface area contributed by atoms with E-state index in [0.717, 1.165) is 10.9 Å². The number of hydrogen-bond acceptors (Lipinski definition) is 2. The quantitative estimate of drug-likeness (QED) is 0.930. The first-order valence-corrected chi connectivity index (χ1v) is 6.84. The molecule has 1 N–H and O–H groups in total. The maximum absolute atomic E-state index is 12.1. The first kappa shape index (κ1) is 14.3. The molecule has 0 unspecified atom stereocenters. The van der Waals surface area contributed by atoms with Crippen LogP contribution >= 0.6 is 0 Å². The lowest BCUT2D eigenvalue weighted by Crippen LogP contribution is -2.33. The lowest BCUT2D eigenvalue weighted by Gasteiger charge is -2.22. The molecule has 1 heterocycles. The van der Waals surface area contributed by atoms with Gasteiger partial charge in [-0.1, -0.05) is 32.0 Å². The third kappa shape index (κ3) is 3.26. The number of benzene rings is 1. The fourth-order valence-electron chi connectivity index (χ4n) is 2.26. The van der Waals surface area contributed by atoms with Crippen molar-refractivity contribution >= 4 is 16.8 Å². The highest BCUT2D eigenvalue weighted by Gasteiger charge is 2.13. The van der Waals surface area contributed by atoms with E-state index in [1.54, 1.807) is 4.90 Å². The van der Waals surface area contributed by atoms with Crippen molar-refractivity contribution in [2.24, 2.45) is 5.92 Å². The highest BCUT2D eigenvalue weighted by molar-refractivity contribution is 5.79. The second-order valence-corrected chi connectivity index (χ2v) is 5.50. The van der Waals surface area contributed by atoms with Gasteiger partial charge in [-0.25, -0.2) is 0 Å². The van der Waals surface area contributed by atoms with Crippen LogP contribution in [0.25, 0.3) is 10.9 Å². The van der Waals surface area contributed by atoms with Crippen molar-refractivity contribution < 1.29 is 4.79 Å². The molecule has 2 aromatic rings. The van der Waals surface area contributed by atoms with Gasteiger partial charge in [0, 0.05) is 24.5 Å². The Bertz CT molecular complexity index is 673. The van der Waals surface area contributed by atoms with Crippen molar-refractivity contribution in [2.75, 3.05) is 6.54 Å². The minimum absolute atomic E-state index is 0.00809. The van der Waals surface area contributed by atoms with Gasteiger partial charge in [-0.2, -0.15) is 0 Å². The van der Waals surface area contributed by atoms with Gasteiger partial charge in [-0.3, -0.25) is 9.59 Å². The zero-order valence-corrected chi connectivity index (χ0v) is 12.1. The molecular weight excluding hydrogens is 252 g/mol. The predicted molar refractivity (Wildman–Crippen MR) is 80.5 cm³/mol. The van der Waals surface area contributed by atoms with Crippen LogP contribution in [0.5, 0.6) is 0 Å². The van der Waals surface area contributed by atoms with E-state index in [9.17, 15) is 9.59 Å². The lowest BCUT2D eigenvalue weighted by molar-refractivity contribution is -0.130. The summed E-state index contributed by atoms with van der Waals surface area (Å²) in [7, 11) is 0. The fourth-order valence-corrected chi connectivity index (χ4v) is 2.26. The van der Waals surface area contributed by atoms with Gasteiger partial charge in [0.15, 0.2) is 0 Å². The Morgan fingerprint density at radius 2 is 2.00 bits per heavy atom. The van der Waals surface area contributed by atoms with E-state index < -0.39 is 0 Å². The van der Waals surface area contributed by atoms with Gasteiger partial charge >= 0.3 is 0 Å². The van der Waals surface area contributed by atoms with E-state index in [1.165, 1.54) is 6.92 Å². The molecule has 20 heavy (non-hydrogen) atoms. The minimum Gasteiger partial charge on any atom is -0.338 e. The molecule has 0 bridgehead atoms. The van der Waals surface area contributed by atoms with Crippen molar-refractivity contribution in [1.29, 1.82) is 0 Å². The Labute approximate surface area is 118 Å². The van der Waals surface area contributed by atoms with Crippen LogP contribution in [-0.4, -0.2) is 22.3 Å². The van der Waals surface area contributed by atoms with Crippen LogP contribution < -0.4 is 5.56 Å². The van der Waals surface area contributed by atoms with Crippen molar-refractivity contribution in [2.45, 2.75) is 27.3 Å². The number of amides is 1. The molecule has 0 atom stereocenters. The molecule has 2 rings (SSSR count). The zero-order chi connectivity index (χ0) is 14.7. The number of rotatable bonds is 4. The summed E-state index contributed by atoms with van der Waals surface area (Å²) in [5, 5.41) is 0.982. The Balaban J connectivity index is 2.34. The average Bonchev–Trinajstić information content (AvgIpc) is 2.38. The van der Waals surface area contributed by atoms with Gasteiger partial charge in [-0.05, 0) is 23.4 Å². The van der Waals surface area contributed by atoms with E-state index >= 15 is 0 Å². The second kappa shape index (κ2) is 5.90. The highest BCUT2D eigenvalue weighted by atomic mass is 16.2. The standard InChI is InChI=1S/C16H20N2O2/c1-11(2)9-18(12(3)19)10-14-8-13-6-4-5-7-15(13)17-16(14)20/h4-8,11H,9-10H2,1-3H3,(H,17,20). The molecule has 4 heteroatoms. The summed E-state index contributed by atoms with van der Waals surface area (Å²) in [6.07, 6.45) is 0. The summed E-state index contributed by atoms with van der Waals surface area (Å²) < 4.78 is 0. The second-order valence-electron chi connectivity index (χ2n) is 5.50.